The molecule has 120 valence electrons. The van der Waals surface area contributed by atoms with Gasteiger partial charge in [-0.25, -0.2) is 17.9 Å². The van der Waals surface area contributed by atoms with Gasteiger partial charge < -0.3 is 10.5 Å². The number of ether oxygens (including phenoxy) is 1. The van der Waals surface area contributed by atoms with E-state index in [1.807, 2.05) is 0 Å². The van der Waals surface area contributed by atoms with Crippen molar-refractivity contribution in [2.24, 2.45) is 5.73 Å². The molecule has 0 saturated heterocycles. The number of hydrogen-bond acceptors (Lipinski definition) is 5. The summed E-state index contributed by atoms with van der Waals surface area (Å²) in [6.45, 7) is 0.797. The highest BCUT2D eigenvalue weighted by Crippen LogP contribution is 2.23. The molecular formula is C12H18Cl2N2O4S. The molecule has 0 heterocycles. The number of unbranched alkanes of at least 4 members (excludes halogenated alkanes) is 1. The summed E-state index contributed by atoms with van der Waals surface area (Å²) in [4.78, 5) is 11.2. The molecule has 9 heteroatoms. The minimum Gasteiger partial charge on any atom is -0.465 e. The van der Waals surface area contributed by atoms with Crippen LogP contribution in [0.25, 0.3) is 0 Å². The van der Waals surface area contributed by atoms with Crippen molar-refractivity contribution in [3.63, 3.8) is 0 Å². The lowest BCUT2D eigenvalue weighted by molar-refractivity contribution is 0.0600. The first-order chi connectivity index (χ1) is 9.42. The fourth-order valence-electron chi connectivity index (χ4n) is 1.52. The smallest absolute Gasteiger partial charge is 0.337 e. The van der Waals surface area contributed by atoms with Crippen LogP contribution in [0.2, 0.25) is 5.02 Å². The van der Waals surface area contributed by atoms with Gasteiger partial charge in [-0.15, -0.1) is 12.4 Å². The summed E-state index contributed by atoms with van der Waals surface area (Å²) >= 11 is 5.91. The third kappa shape index (κ3) is 5.80. The van der Waals surface area contributed by atoms with Gasteiger partial charge in [-0.3, -0.25) is 0 Å². The fraction of sp³-hybridized carbons (Fsp3) is 0.417. The van der Waals surface area contributed by atoms with Crippen LogP contribution in [0.15, 0.2) is 23.1 Å². The molecule has 1 aromatic carbocycles. The number of benzene rings is 1. The Morgan fingerprint density at radius 1 is 1.38 bits per heavy atom. The molecule has 3 N–H and O–H groups in total. The highest BCUT2D eigenvalue weighted by molar-refractivity contribution is 7.89. The average Bonchev–Trinajstić information content (AvgIpc) is 2.42. The van der Waals surface area contributed by atoms with Crippen LogP contribution >= 0.6 is 24.0 Å². The van der Waals surface area contributed by atoms with Gasteiger partial charge in [0.25, 0.3) is 0 Å². The molecular weight excluding hydrogens is 339 g/mol. The zero-order valence-corrected chi connectivity index (χ0v) is 13.9. The average molecular weight is 357 g/mol. The second kappa shape index (κ2) is 9.22. The van der Waals surface area contributed by atoms with Gasteiger partial charge in [-0.05, 0) is 37.6 Å². The molecule has 1 rings (SSSR count). The number of methoxy groups -OCH3 is 1. The number of hydrogen-bond donors (Lipinski definition) is 2. The monoisotopic (exact) mass is 356 g/mol. The molecule has 0 atom stereocenters. The van der Waals surface area contributed by atoms with E-state index in [2.05, 4.69) is 9.46 Å². The number of halogens is 2. The van der Waals surface area contributed by atoms with Gasteiger partial charge >= 0.3 is 5.97 Å². The van der Waals surface area contributed by atoms with Crippen molar-refractivity contribution in [3.8, 4) is 0 Å². The van der Waals surface area contributed by atoms with E-state index in [9.17, 15) is 13.2 Å². The summed E-state index contributed by atoms with van der Waals surface area (Å²) in [5, 5.41) is -0.0285. The van der Waals surface area contributed by atoms with E-state index in [-0.39, 0.29) is 34.4 Å². The summed E-state index contributed by atoms with van der Waals surface area (Å²) in [6.07, 6.45) is 1.38. The van der Waals surface area contributed by atoms with E-state index in [0.29, 0.717) is 13.0 Å². The second-order valence-electron chi connectivity index (χ2n) is 4.03. The van der Waals surface area contributed by atoms with E-state index < -0.39 is 16.0 Å². The minimum atomic E-state index is -3.70. The van der Waals surface area contributed by atoms with Gasteiger partial charge in [0.2, 0.25) is 10.0 Å². The zero-order valence-electron chi connectivity index (χ0n) is 11.5. The number of esters is 1. The van der Waals surface area contributed by atoms with Crippen molar-refractivity contribution in [1.82, 2.24) is 4.72 Å². The van der Waals surface area contributed by atoms with E-state index in [0.717, 1.165) is 6.42 Å². The first-order valence-corrected chi connectivity index (χ1v) is 7.86. The van der Waals surface area contributed by atoms with Crippen molar-refractivity contribution >= 4 is 40.0 Å². The van der Waals surface area contributed by atoms with E-state index in [4.69, 9.17) is 17.3 Å². The predicted molar refractivity (Wildman–Crippen MR) is 83.5 cm³/mol. The molecule has 21 heavy (non-hydrogen) atoms. The Morgan fingerprint density at radius 3 is 2.57 bits per heavy atom. The quantitative estimate of drug-likeness (QED) is 0.570. The Hall–Kier alpha value is -0.860. The Morgan fingerprint density at radius 2 is 2.05 bits per heavy atom. The SMILES string of the molecule is COC(=O)c1ccc(S(=O)(=O)NCCCCN)c(Cl)c1.Cl. The molecule has 0 fully saturated rings. The lowest BCUT2D eigenvalue weighted by Gasteiger charge is -2.09. The highest BCUT2D eigenvalue weighted by atomic mass is 35.5. The largest absolute Gasteiger partial charge is 0.465 e. The molecule has 0 radical (unpaired) electrons. The van der Waals surface area contributed by atoms with Crippen molar-refractivity contribution in [2.75, 3.05) is 20.2 Å². The van der Waals surface area contributed by atoms with Crippen LogP contribution < -0.4 is 10.5 Å². The molecule has 6 nitrogen and oxygen atoms in total. The van der Waals surface area contributed by atoms with E-state index in [1.54, 1.807) is 0 Å². The van der Waals surface area contributed by atoms with Crippen molar-refractivity contribution < 1.29 is 17.9 Å². The van der Waals surface area contributed by atoms with Gasteiger partial charge in [0.15, 0.2) is 0 Å². The van der Waals surface area contributed by atoms with Crippen LogP contribution in [0.1, 0.15) is 23.2 Å². The summed E-state index contributed by atoms with van der Waals surface area (Å²) in [5.41, 5.74) is 5.52. The maximum Gasteiger partial charge on any atom is 0.337 e. The molecule has 0 aliphatic carbocycles. The molecule has 0 unspecified atom stereocenters. The highest BCUT2D eigenvalue weighted by Gasteiger charge is 2.19. The molecule has 0 amide bonds. The van der Waals surface area contributed by atoms with Gasteiger partial charge in [0, 0.05) is 6.54 Å². The van der Waals surface area contributed by atoms with E-state index in [1.165, 1.54) is 25.3 Å². The summed E-state index contributed by atoms with van der Waals surface area (Å²) in [5.74, 6) is -0.577. The van der Waals surface area contributed by atoms with Crippen LogP contribution in [0.3, 0.4) is 0 Å². The maximum absolute atomic E-state index is 12.0. The van der Waals surface area contributed by atoms with Gasteiger partial charge in [0.1, 0.15) is 4.90 Å². The molecule has 0 spiro atoms. The van der Waals surface area contributed by atoms with Crippen LogP contribution in [0, 0.1) is 0 Å². The second-order valence-corrected chi connectivity index (χ2v) is 6.17. The third-order valence-electron chi connectivity index (χ3n) is 2.57. The Kier molecular flexibility index (Phi) is 8.84. The van der Waals surface area contributed by atoms with Gasteiger partial charge in [0.05, 0.1) is 17.7 Å². The van der Waals surface area contributed by atoms with Crippen molar-refractivity contribution in [1.29, 1.82) is 0 Å². The number of carbonyl (C=O) groups is 1. The van der Waals surface area contributed by atoms with Crippen molar-refractivity contribution in [3.05, 3.63) is 28.8 Å². The normalized spacial score (nSPS) is 10.8. The molecule has 0 bridgehead atoms. The van der Waals surface area contributed by atoms with Crippen molar-refractivity contribution in [2.45, 2.75) is 17.7 Å². The number of sulfonamides is 1. The number of rotatable bonds is 7. The zero-order chi connectivity index (χ0) is 15.2. The molecule has 0 aliphatic heterocycles. The number of nitrogens with one attached hydrogen (secondary N) is 1. The maximum atomic E-state index is 12.0. The van der Waals surface area contributed by atoms with Crippen LogP contribution in [0.4, 0.5) is 0 Å². The minimum absolute atomic E-state index is 0. The Labute approximate surface area is 135 Å². The first kappa shape index (κ1) is 20.1. The Bertz CT molecular complexity index is 579. The topological polar surface area (TPSA) is 98.5 Å². The number of nitrogens with two attached hydrogens (primary N) is 1. The number of carbonyl (C=O) groups excluding carboxylic acids is 1. The predicted octanol–water partition coefficient (Wildman–Crippen LogP) is 1.57. The molecule has 0 aromatic heterocycles. The standard InChI is InChI=1S/C12H17ClN2O4S.ClH/c1-19-12(16)9-4-5-11(10(13)8-9)20(17,18)15-7-3-2-6-14;/h4-5,8,15H,2-3,6-7,14H2,1H3;1H. The lowest BCUT2D eigenvalue weighted by Crippen LogP contribution is -2.25. The Balaban J connectivity index is 0.00000400. The van der Waals surface area contributed by atoms with Gasteiger partial charge in [-0.1, -0.05) is 11.6 Å². The molecule has 0 saturated carbocycles. The summed E-state index contributed by atoms with van der Waals surface area (Å²) in [7, 11) is -2.46. The fourth-order valence-corrected chi connectivity index (χ4v) is 3.13. The van der Waals surface area contributed by atoms with Gasteiger partial charge in [-0.2, -0.15) is 0 Å². The first-order valence-electron chi connectivity index (χ1n) is 6.00. The molecule has 0 aliphatic rings. The van der Waals surface area contributed by atoms with Crippen LogP contribution in [0.5, 0.6) is 0 Å². The summed E-state index contributed by atoms with van der Waals surface area (Å²) < 4.78 is 31.0. The van der Waals surface area contributed by atoms with E-state index >= 15 is 0 Å². The summed E-state index contributed by atoms with van der Waals surface area (Å²) in [6, 6.07) is 3.90. The van der Waals surface area contributed by atoms with Crippen LogP contribution in [-0.4, -0.2) is 34.6 Å². The van der Waals surface area contributed by atoms with Crippen LogP contribution in [-0.2, 0) is 14.8 Å². The third-order valence-corrected chi connectivity index (χ3v) is 4.51. The lowest BCUT2D eigenvalue weighted by atomic mass is 10.2. The molecule has 1 aromatic rings.